The van der Waals surface area contributed by atoms with E-state index in [9.17, 15) is 0 Å². The molecule has 2 heterocycles. The van der Waals surface area contributed by atoms with E-state index < -0.39 is 0 Å². The van der Waals surface area contributed by atoms with Crippen LogP contribution in [0, 0.1) is 0 Å². The van der Waals surface area contributed by atoms with E-state index in [2.05, 4.69) is 71.3 Å². The molecule has 0 atom stereocenters. The third kappa shape index (κ3) is 5.68. The van der Waals surface area contributed by atoms with E-state index in [4.69, 9.17) is 4.74 Å². The van der Waals surface area contributed by atoms with Gasteiger partial charge in [-0.15, -0.1) is 11.8 Å². The van der Waals surface area contributed by atoms with Crippen LogP contribution in [0.4, 0.5) is 0 Å². The molecule has 4 rings (SSSR count). The topological polar surface area (TPSA) is 15.7 Å². The summed E-state index contributed by atoms with van der Waals surface area (Å²) in [4.78, 5) is 6.49. The molecule has 152 valence electrons. The average Bonchev–Trinajstić information content (AvgIpc) is 2.78. The second-order valence-electron chi connectivity index (χ2n) is 7.68. The number of nitrogens with zero attached hydrogens (tertiary/aromatic N) is 2. The van der Waals surface area contributed by atoms with E-state index in [1.165, 1.54) is 40.4 Å². The number of hydrogen-bond donors (Lipinski definition) is 0. The maximum absolute atomic E-state index is 5.89. The molecule has 0 spiro atoms. The molecule has 0 saturated carbocycles. The first-order valence-corrected chi connectivity index (χ1v) is 11.5. The van der Waals surface area contributed by atoms with Gasteiger partial charge in [0, 0.05) is 42.3 Å². The molecule has 1 saturated heterocycles. The second kappa shape index (κ2) is 10.0. The highest BCUT2D eigenvalue weighted by Gasteiger charge is 2.17. The summed E-state index contributed by atoms with van der Waals surface area (Å²) in [6, 6.07) is 19.0. The summed E-state index contributed by atoms with van der Waals surface area (Å²) in [5, 5.41) is 0. The molecule has 2 aromatic carbocycles. The van der Waals surface area contributed by atoms with Crippen molar-refractivity contribution in [1.29, 1.82) is 0 Å². The molecule has 0 aliphatic carbocycles. The fourth-order valence-electron chi connectivity index (χ4n) is 3.90. The van der Waals surface area contributed by atoms with Gasteiger partial charge in [-0.25, -0.2) is 0 Å². The van der Waals surface area contributed by atoms with Crippen LogP contribution in [-0.4, -0.2) is 54.9 Å². The second-order valence-corrected chi connectivity index (χ2v) is 8.84. The maximum atomic E-state index is 5.89. The number of thioether (sulfide) groups is 1. The van der Waals surface area contributed by atoms with Gasteiger partial charge in [0.2, 0.25) is 0 Å². The van der Waals surface area contributed by atoms with E-state index >= 15 is 0 Å². The van der Waals surface area contributed by atoms with Crippen molar-refractivity contribution in [2.75, 3.05) is 45.1 Å². The summed E-state index contributed by atoms with van der Waals surface area (Å²) >= 11 is 1.96. The first-order chi connectivity index (χ1) is 14.3. The molecule has 2 aliphatic heterocycles. The van der Waals surface area contributed by atoms with Gasteiger partial charge in [0.05, 0.1) is 0 Å². The third-order valence-electron chi connectivity index (χ3n) is 5.55. The largest absolute Gasteiger partial charge is 0.488 e. The van der Waals surface area contributed by atoms with Crippen molar-refractivity contribution in [3.05, 3.63) is 77.5 Å². The predicted octanol–water partition coefficient (Wildman–Crippen LogP) is 5.17. The maximum Gasteiger partial charge on any atom is 0.127 e. The van der Waals surface area contributed by atoms with Crippen LogP contribution in [0.1, 0.15) is 18.9 Å². The average molecular weight is 407 g/mol. The van der Waals surface area contributed by atoms with Crippen molar-refractivity contribution >= 4 is 17.8 Å². The SMILES string of the molecule is C/C(=C\C1=Cc2ccccc2OC1)N1CCN(CCCSc2ccccc2)CC1. The number of hydrogen-bond acceptors (Lipinski definition) is 4. The Morgan fingerprint density at radius 2 is 1.76 bits per heavy atom. The molecule has 4 heteroatoms. The van der Waals surface area contributed by atoms with Crippen LogP contribution < -0.4 is 4.74 Å². The van der Waals surface area contributed by atoms with Crippen LogP contribution in [0.3, 0.4) is 0 Å². The standard InChI is InChI=1S/C25H30N2OS/c1-21(18-22-19-23-8-5-6-11-25(23)28-20-22)27-15-13-26(14-16-27)12-7-17-29-24-9-3-2-4-10-24/h2-6,8-11,18-19H,7,12-17,20H2,1H3/b21-18+. The lowest BCUT2D eigenvalue weighted by Crippen LogP contribution is -2.45. The van der Waals surface area contributed by atoms with Crippen LogP contribution >= 0.6 is 11.8 Å². The minimum Gasteiger partial charge on any atom is -0.488 e. The molecule has 0 unspecified atom stereocenters. The van der Waals surface area contributed by atoms with Gasteiger partial charge in [-0.2, -0.15) is 0 Å². The zero-order valence-corrected chi connectivity index (χ0v) is 18.0. The van der Waals surface area contributed by atoms with Gasteiger partial charge in [-0.1, -0.05) is 36.4 Å². The highest BCUT2D eigenvalue weighted by atomic mass is 32.2. The summed E-state index contributed by atoms with van der Waals surface area (Å²) in [6.45, 7) is 8.62. The lowest BCUT2D eigenvalue weighted by Gasteiger charge is -2.36. The Hall–Kier alpha value is -2.17. The summed E-state index contributed by atoms with van der Waals surface area (Å²) in [5.41, 5.74) is 3.77. The zero-order valence-electron chi connectivity index (χ0n) is 17.2. The summed E-state index contributed by atoms with van der Waals surface area (Å²) < 4.78 is 5.89. The Kier molecular flexibility index (Phi) is 6.96. The quantitative estimate of drug-likeness (QED) is 0.466. The van der Waals surface area contributed by atoms with Crippen molar-refractivity contribution in [2.24, 2.45) is 0 Å². The Morgan fingerprint density at radius 1 is 1.00 bits per heavy atom. The Morgan fingerprint density at radius 3 is 2.59 bits per heavy atom. The van der Waals surface area contributed by atoms with E-state index in [0.717, 1.165) is 31.9 Å². The summed E-state index contributed by atoms with van der Waals surface area (Å²) in [5.74, 6) is 2.18. The third-order valence-corrected chi connectivity index (χ3v) is 6.65. The van der Waals surface area contributed by atoms with Crippen molar-refractivity contribution in [2.45, 2.75) is 18.2 Å². The molecule has 0 bridgehead atoms. The van der Waals surface area contributed by atoms with Gasteiger partial charge in [0.25, 0.3) is 0 Å². The van der Waals surface area contributed by atoms with Gasteiger partial charge < -0.3 is 9.64 Å². The van der Waals surface area contributed by atoms with Crippen molar-refractivity contribution in [3.63, 3.8) is 0 Å². The highest BCUT2D eigenvalue weighted by Crippen LogP contribution is 2.27. The van der Waals surface area contributed by atoms with Gasteiger partial charge in [-0.3, -0.25) is 4.90 Å². The molecular formula is C25H30N2OS. The number of ether oxygens (including phenoxy) is 1. The fourth-order valence-corrected chi connectivity index (χ4v) is 4.75. The molecule has 0 N–H and O–H groups in total. The van der Waals surface area contributed by atoms with Gasteiger partial charge in [0.1, 0.15) is 12.4 Å². The normalized spacial score (nSPS) is 17.5. The van der Waals surface area contributed by atoms with Crippen LogP contribution in [0.15, 0.2) is 76.8 Å². The van der Waals surface area contributed by atoms with Crippen molar-refractivity contribution in [3.8, 4) is 5.75 Å². The first-order valence-electron chi connectivity index (χ1n) is 10.5. The molecule has 3 nitrogen and oxygen atoms in total. The molecule has 2 aliphatic rings. The molecular weight excluding hydrogens is 376 g/mol. The van der Waals surface area contributed by atoms with Crippen molar-refractivity contribution in [1.82, 2.24) is 9.80 Å². The van der Waals surface area contributed by atoms with E-state index in [1.54, 1.807) is 0 Å². The van der Waals surface area contributed by atoms with Crippen LogP contribution in [0.25, 0.3) is 6.08 Å². The minimum absolute atomic E-state index is 0.660. The van der Waals surface area contributed by atoms with Crippen LogP contribution in [-0.2, 0) is 0 Å². The lowest BCUT2D eigenvalue weighted by atomic mass is 10.1. The number of piperazine rings is 1. The molecule has 29 heavy (non-hydrogen) atoms. The van der Waals surface area contributed by atoms with E-state index in [1.807, 2.05) is 23.9 Å². The lowest BCUT2D eigenvalue weighted by molar-refractivity contribution is 0.159. The Balaban J connectivity index is 1.21. The number of allylic oxidation sites excluding steroid dienone is 1. The highest BCUT2D eigenvalue weighted by molar-refractivity contribution is 7.99. The van der Waals surface area contributed by atoms with Crippen LogP contribution in [0.2, 0.25) is 0 Å². The molecule has 2 aromatic rings. The van der Waals surface area contributed by atoms with E-state index in [0.29, 0.717) is 6.61 Å². The predicted molar refractivity (Wildman–Crippen MR) is 123 cm³/mol. The fraction of sp³-hybridized carbons (Fsp3) is 0.360. The van der Waals surface area contributed by atoms with Crippen LogP contribution in [0.5, 0.6) is 5.75 Å². The number of fused-ring (bicyclic) bond motifs is 1. The molecule has 0 amide bonds. The zero-order chi connectivity index (χ0) is 19.9. The Bertz CT molecular complexity index is 854. The Labute approximate surface area is 179 Å². The van der Waals surface area contributed by atoms with E-state index in [-0.39, 0.29) is 0 Å². The smallest absolute Gasteiger partial charge is 0.127 e. The van der Waals surface area contributed by atoms with Gasteiger partial charge in [0.15, 0.2) is 0 Å². The van der Waals surface area contributed by atoms with Gasteiger partial charge in [-0.05, 0) is 61.6 Å². The number of rotatable bonds is 7. The number of benzene rings is 2. The monoisotopic (exact) mass is 406 g/mol. The van der Waals surface area contributed by atoms with Gasteiger partial charge >= 0.3 is 0 Å². The molecule has 1 fully saturated rings. The summed E-state index contributed by atoms with van der Waals surface area (Å²) in [6.07, 6.45) is 5.79. The number of para-hydroxylation sites is 1. The minimum atomic E-state index is 0.660. The first kappa shape index (κ1) is 20.1. The molecule has 0 radical (unpaired) electrons. The molecule has 0 aromatic heterocycles. The summed E-state index contributed by atoms with van der Waals surface area (Å²) in [7, 11) is 0. The van der Waals surface area contributed by atoms with Crippen molar-refractivity contribution < 1.29 is 4.74 Å².